The summed E-state index contributed by atoms with van der Waals surface area (Å²) < 4.78 is 10.2. The molecule has 0 bridgehead atoms. The largest absolute Gasteiger partial charge is 0.428 e. The molecule has 0 amide bonds. The lowest BCUT2D eigenvalue weighted by atomic mass is 9.87. The van der Waals surface area contributed by atoms with Crippen molar-refractivity contribution in [2.75, 3.05) is 0 Å². The Morgan fingerprint density at radius 3 is 2.55 bits per heavy atom. The minimum atomic E-state index is -0.564. The second-order valence-electron chi connectivity index (χ2n) is 5.00. The van der Waals surface area contributed by atoms with E-state index in [1.165, 1.54) is 30.3 Å². The minimum Gasteiger partial charge on any atom is -0.428 e. The molecule has 0 aliphatic carbocycles. The van der Waals surface area contributed by atoms with Gasteiger partial charge in [-0.05, 0) is 12.5 Å². The predicted octanol–water partition coefficient (Wildman–Crippen LogP) is 2.30. The minimum absolute atomic E-state index is 0.0152. The van der Waals surface area contributed by atoms with Crippen molar-refractivity contribution in [1.29, 1.82) is 0 Å². The maximum absolute atomic E-state index is 12.1. The van der Waals surface area contributed by atoms with Crippen molar-refractivity contribution in [3.63, 3.8) is 0 Å². The molecule has 0 radical (unpaired) electrons. The monoisotopic (exact) mass is 301 g/mol. The number of aryl methyl sites for hydroxylation is 1. The van der Waals surface area contributed by atoms with Crippen molar-refractivity contribution < 1.29 is 18.9 Å². The number of nitro groups is 1. The van der Waals surface area contributed by atoms with Gasteiger partial charge in [0.05, 0.1) is 16.9 Å². The van der Waals surface area contributed by atoms with Crippen LogP contribution in [0.2, 0.25) is 0 Å². The summed E-state index contributed by atoms with van der Waals surface area (Å²) in [7, 11) is 0. The van der Waals surface area contributed by atoms with E-state index < -0.39 is 22.4 Å². The highest BCUT2D eigenvalue weighted by molar-refractivity contribution is 5.77. The van der Waals surface area contributed by atoms with Gasteiger partial charge in [-0.1, -0.05) is 12.1 Å². The van der Waals surface area contributed by atoms with Crippen LogP contribution in [0.5, 0.6) is 5.75 Å². The lowest BCUT2D eigenvalue weighted by molar-refractivity contribution is -0.384. The molecular weight excluding hydrogens is 290 g/mol. The van der Waals surface area contributed by atoms with Crippen LogP contribution in [0.25, 0.3) is 0 Å². The van der Waals surface area contributed by atoms with E-state index in [9.17, 15) is 19.7 Å². The molecule has 1 aromatic carbocycles. The Kier molecular flexibility index (Phi) is 3.25. The summed E-state index contributed by atoms with van der Waals surface area (Å²) in [5.41, 5.74) is 0.267. The molecule has 0 saturated carbocycles. The first kappa shape index (κ1) is 14.0. The van der Waals surface area contributed by atoms with Crippen molar-refractivity contribution >= 4 is 11.7 Å². The molecule has 1 aliphatic heterocycles. The van der Waals surface area contributed by atoms with Crippen LogP contribution in [0.4, 0.5) is 5.69 Å². The van der Waals surface area contributed by atoms with Crippen LogP contribution in [0, 0.1) is 17.0 Å². The first-order valence-corrected chi connectivity index (χ1v) is 6.55. The third kappa shape index (κ3) is 2.37. The third-order valence-corrected chi connectivity index (χ3v) is 3.52. The second kappa shape index (κ2) is 5.10. The molecule has 1 atom stereocenters. The van der Waals surface area contributed by atoms with Crippen molar-refractivity contribution in [3.8, 4) is 5.75 Å². The van der Waals surface area contributed by atoms with E-state index in [0.717, 1.165) is 0 Å². The van der Waals surface area contributed by atoms with Gasteiger partial charge in [0.15, 0.2) is 0 Å². The molecule has 1 unspecified atom stereocenters. The molecule has 22 heavy (non-hydrogen) atoms. The Labute approximate surface area is 124 Å². The van der Waals surface area contributed by atoms with Gasteiger partial charge in [0.1, 0.15) is 11.5 Å². The van der Waals surface area contributed by atoms with E-state index in [2.05, 4.69) is 0 Å². The highest BCUT2D eigenvalue weighted by atomic mass is 16.6. The summed E-state index contributed by atoms with van der Waals surface area (Å²) in [6.45, 7) is 1.59. The van der Waals surface area contributed by atoms with Crippen LogP contribution in [0.3, 0.4) is 0 Å². The van der Waals surface area contributed by atoms with E-state index in [1.807, 2.05) is 0 Å². The number of hydrogen-bond donors (Lipinski definition) is 0. The van der Waals surface area contributed by atoms with E-state index in [1.54, 1.807) is 6.92 Å². The van der Waals surface area contributed by atoms with Crippen LogP contribution in [0.1, 0.15) is 29.2 Å². The zero-order valence-corrected chi connectivity index (χ0v) is 11.6. The molecule has 0 saturated heterocycles. The smallest absolute Gasteiger partial charge is 0.343 e. The maximum Gasteiger partial charge on any atom is 0.343 e. The van der Waals surface area contributed by atoms with Crippen LogP contribution in [-0.2, 0) is 4.79 Å². The molecule has 112 valence electrons. The van der Waals surface area contributed by atoms with Gasteiger partial charge >= 0.3 is 11.6 Å². The van der Waals surface area contributed by atoms with Gasteiger partial charge in [0, 0.05) is 24.1 Å². The van der Waals surface area contributed by atoms with Gasteiger partial charge in [0.25, 0.3) is 5.69 Å². The number of ether oxygens (including phenoxy) is 1. The van der Waals surface area contributed by atoms with Gasteiger partial charge in [-0.3, -0.25) is 14.9 Å². The standard InChI is InChI=1S/C15H11NO6/c1-8-6-12-14(15(18)21-8)11(7-13(17)22-12)9-2-4-10(5-3-9)16(19)20/h2-6,11H,7H2,1H3. The van der Waals surface area contributed by atoms with E-state index in [0.29, 0.717) is 11.3 Å². The molecule has 0 spiro atoms. The van der Waals surface area contributed by atoms with Crippen LogP contribution < -0.4 is 10.4 Å². The number of nitrogens with zero attached hydrogens (tertiary/aromatic N) is 1. The number of fused-ring (bicyclic) bond motifs is 1. The normalized spacial score (nSPS) is 16.8. The predicted molar refractivity (Wildman–Crippen MR) is 74.9 cm³/mol. The fourth-order valence-electron chi connectivity index (χ4n) is 2.54. The lowest BCUT2D eigenvalue weighted by Crippen LogP contribution is -2.26. The summed E-state index contributed by atoms with van der Waals surface area (Å²) in [4.78, 5) is 34.0. The quantitative estimate of drug-likeness (QED) is 0.479. The van der Waals surface area contributed by atoms with Crippen LogP contribution in [0.15, 0.2) is 39.5 Å². The van der Waals surface area contributed by atoms with E-state index in [-0.39, 0.29) is 23.4 Å². The average Bonchev–Trinajstić information content (AvgIpc) is 2.45. The molecule has 0 N–H and O–H groups in total. The Balaban J connectivity index is 2.11. The second-order valence-corrected chi connectivity index (χ2v) is 5.00. The first-order chi connectivity index (χ1) is 10.5. The van der Waals surface area contributed by atoms with Crippen molar-refractivity contribution in [2.45, 2.75) is 19.3 Å². The molecule has 1 aliphatic rings. The number of carbonyl (C=O) groups is 1. The number of non-ortho nitro benzene ring substituents is 1. The Hall–Kier alpha value is -2.96. The molecular formula is C15H11NO6. The zero-order chi connectivity index (χ0) is 15.9. The molecule has 2 aromatic rings. The molecule has 1 aromatic heterocycles. The van der Waals surface area contributed by atoms with Gasteiger partial charge in [0.2, 0.25) is 0 Å². The SMILES string of the molecule is Cc1cc2c(c(=O)o1)C(c1ccc([N+](=O)[O-])cc1)CC(=O)O2. The average molecular weight is 301 g/mol. The number of esters is 1. The third-order valence-electron chi connectivity index (χ3n) is 3.52. The van der Waals surface area contributed by atoms with E-state index in [4.69, 9.17) is 9.15 Å². The summed E-state index contributed by atoms with van der Waals surface area (Å²) in [6, 6.07) is 7.23. The van der Waals surface area contributed by atoms with Crippen LogP contribution in [-0.4, -0.2) is 10.9 Å². The van der Waals surface area contributed by atoms with Crippen molar-refractivity contribution in [3.05, 3.63) is 67.8 Å². The summed E-state index contributed by atoms with van der Waals surface area (Å²) in [5, 5.41) is 10.7. The Morgan fingerprint density at radius 2 is 1.91 bits per heavy atom. The van der Waals surface area contributed by atoms with Gasteiger partial charge in [-0.25, -0.2) is 4.79 Å². The molecule has 3 rings (SSSR count). The first-order valence-electron chi connectivity index (χ1n) is 6.55. The number of benzene rings is 1. The number of hydrogen-bond acceptors (Lipinski definition) is 6. The van der Waals surface area contributed by atoms with Gasteiger partial charge in [-0.15, -0.1) is 0 Å². The van der Waals surface area contributed by atoms with Crippen molar-refractivity contribution in [2.24, 2.45) is 0 Å². The highest BCUT2D eigenvalue weighted by Crippen LogP contribution is 2.37. The zero-order valence-electron chi connectivity index (χ0n) is 11.6. The fraction of sp³-hybridized carbons (Fsp3) is 0.200. The summed E-state index contributed by atoms with van der Waals surface area (Å²) >= 11 is 0. The molecule has 2 heterocycles. The summed E-state index contributed by atoms with van der Waals surface area (Å²) in [6.07, 6.45) is -0.0152. The van der Waals surface area contributed by atoms with Gasteiger partial charge in [-0.2, -0.15) is 0 Å². The number of carbonyl (C=O) groups excluding carboxylic acids is 1. The van der Waals surface area contributed by atoms with Crippen molar-refractivity contribution in [1.82, 2.24) is 0 Å². The highest BCUT2D eigenvalue weighted by Gasteiger charge is 2.32. The Morgan fingerprint density at radius 1 is 1.23 bits per heavy atom. The van der Waals surface area contributed by atoms with Crippen LogP contribution >= 0.6 is 0 Å². The molecule has 7 heteroatoms. The van der Waals surface area contributed by atoms with E-state index >= 15 is 0 Å². The fourth-order valence-corrected chi connectivity index (χ4v) is 2.54. The number of nitro benzene ring substituents is 1. The molecule has 7 nitrogen and oxygen atoms in total. The topological polar surface area (TPSA) is 99.6 Å². The lowest BCUT2D eigenvalue weighted by Gasteiger charge is -2.23. The van der Waals surface area contributed by atoms with Gasteiger partial charge < -0.3 is 9.15 Å². The maximum atomic E-state index is 12.1. The Bertz CT molecular complexity index is 821. The number of rotatable bonds is 2. The summed E-state index contributed by atoms with van der Waals surface area (Å²) in [5.74, 6) is -0.455. The molecule has 0 fully saturated rings.